The van der Waals surface area contributed by atoms with Crippen molar-refractivity contribution in [3.8, 4) is 5.75 Å². The van der Waals surface area contributed by atoms with Crippen molar-refractivity contribution in [1.82, 2.24) is 18.7 Å². The Bertz CT molecular complexity index is 1160. The number of fused-ring (bicyclic) bond motifs is 1. The van der Waals surface area contributed by atoms with Crippen molar-refractivity contribution in [3.05, 3.63) is 50.2 Å². The van der Waals surface area contributed by atoms with Crippen LogP contribution in [0.15, 0.2) is 27.8 Å². The van der Waals surface area contributed by atoms with Gasteiger partial charge in [0.2, 0.25) is 5.95 Å². The number of aromatic nitrogens is 4. The van der Waals surface area contributed by atoms with Gasteiger partial charge >= 0.3 is 5.69 Å². The van der Waals surface area contributed by atoms with E-state index in [0.29, 0.717) is 18.2 Å². The van der Waals surface area contributed by atoms with Crippen LogP contribution in [0.25, 0.3) is 11.2 Å². The zero-order chi connectivity index (χ0) is 21.3. The van der Waals surface area contributed by atoms with E-state index < -0.39 is 17.4 Å². The van der Waals surface area contributed by atoms with Gasteiger partial charge in [0.15, 0.2) is 11.2 Å². The largest absolute Gasteiger partial charge is 0.491 e. The zero-order valence-corrected chi connectivity index (χ0v) is 17.4. The molecule has 0 saturated heterocycles. The van der Waals surface area contributed by atoms with E-state index in [-0.39, 0.29) is 24.3 Å². The molecule has 0 spiro atoms. The predicted molar refractivity (Wildman–Crippen MR) is 112 cm³/mol. The molecule has 2 aromatic heterocycles. The van der Waals surface area contributed by atoms with Gasteiger partial charge in [0, 0.05) is 20.6 Å². The van der Waals surface area contributed by atoms with Crippen LogP contribution in [-0.2, 0) is 20.6 Å². The van der Waals surface area contributed by atoms with Gasteiger partial charge < -0.3 is 19.7 Å². The van der Waals surface area contributed by atoms with Crippen molar-refractivity contribution < 1.29 is 9.84 Å². The number of hydrogen-bond acceptors (Lipinski definition) is 6. The molecule has 0 amide bonds. The maximum Gasteiger partial charge on any atom is 0.332 e. The molecule has 3 rings (SSSR count). The van der Waals surface area contributed by atoms with Crippen molar-refractivity contribution in [2.45, 2.75) is 33.4 Å². The van der Waals surface area contributed by atoms with E-state index in [4.69, 9.17) is 4.74 Å². The molecular weight excluding hydrogens is 374 g/mol. The molecule has 1 aromatic carbocycles. The fourth-order valence-electron chi connectivity index (χ4n) is 3.18. The van der Waals surface area contributed by atoms with Gasteiger partial charge in [-0.05, 0) is 44.0 Å². The predicted octanol–water partition coefficient (Wildman–Crippen LogP) is 0.922. The monoisotopic (exact) mass is 401 g/mol. The normalized spacial score (nSPS) is 12.3. The molecule has 156 valence electrons. The summed E-state index contributed by atoms with van der Waals surface area (Å²) < 4.78 is 9.69. The Morgan fingerprint density at radius 1 is 1.17 bits per heavy atom. The lowest BCUT2D eigenvalue weighted by atomic mass is 10.1. The molecule has 1 atom stereocenters. The first-order valence-corrected chi connectivity index (χ1v) is 9.52. The number of aliphatic hydroxyl groups is 1. The molecule has 2 N–H and O–H groups in total. The molecule has 0 unspecified atom stereocenters. The van der Waals surface area contributed by atoms with Crippen LogP contribution in [-0.4, -0.2) is 43.0 Å². The quantitative estimate of drug-likeness (QED) is 0.610. The van der Waals surface area contributed by atoms with E-state index in [1.165, 1.54) is 17.2 Å². The van der Waals surface area contributed by atoms with Crippen LogP contribution < -0.4 is 21.3 Å². The lowest BCUT2D eigenvalue weighted by Crippen LogP contribution is -2.38. The Kier molecular flexibility index (Phi) is 5.78. The maximum absolute atomic E-state index is 12.7. The highest BCUT2D eigenvalue weighted by Gasteiger charge is 2.21. The average Bonchev–Trinajstić information content (AvgIpc) is 3.04. The molecule has 0 aliphatic carbocycles. The van der Waals surface area contributed by atoms with Gasteiger partial charge in [-0.15, -0.1) is 0 Å². The Balaban J connectivity index is 1.91. The summed E-state index contributed by atoms with van der Waals surface area (Å²) in [6, 6.07) is 5.75. The number of benzene rings is 1. The Labute approximate surface area is 168 Å². The topological polar surface area (TPSA) is 103 Å². The summed E-state index contributed by atoms with van der Waals surface area (Å²) in [6.45, 7) is 6.65. The second kappa shape index (κ2) is 8.12. The number of rotatable bonds is 7. The molecule has 0 aliphatic heterocycles. The standard InChI is InChI=1S/C20H27N5O4/c1-6-21-19-22-17-16(18(27)24(5)20(28)23(17)4)25(19)10-14(26)11-29-15-8-7-12(2)13(3)9-15/h7-9,14,26H,6,10-11H2,1-5H3,(H,21,22)/t14-/m1/s1. The minimum atomic E-state index is -0.881. The molecule has 9 nitrogen and oxygen atoms in total. The number of ether oxygens (including phenoxy) is 1. The summed E-state index contributed by atoms with van der Waals surface area (Å²) >= 11 is 0. The van der Waals surface area contributed by atoms with E-state index in [1.807, 2.05) is 39.0 Å². The number of nitrogens with zero attached hydrogens (tertiary/aromatic N) is 4. The molecule has 3 aromatic rings. The number of aryl methyl sites for hydroxylation is 3. The highest BCUT2D eigenvalue weighted by Crippen LogP contribution is 2.18. The summed E-state index contributed by atoms with van der Waals surface area (Å²) in [5, 5.41) is 13.7. The first-order valence-electron chi connectivity index (χ1n) is 9.52. The fraction of sp³-hybridized carbons (Fsp3) is 0.450. The van der Waals surface area contributed by atoms with Gasteiger partial charge in [-0.3, -0.25) is 13.9 Å². The van der Waals surface area contributed by atoms with Crippen molar-refractivity contribution in [1.29, 1.82) is 0 Å². The minimum Gasteiger partial charge on any atom is -0.491 e. The third kappa shape index (κ3) is 3.91. The first kappa shape index (κ1) is 20.7. The van der Waals surface area contributed by atoms with Gasteiger partial charge in [-0.2, -0.15) is 4.98 Å². The number of hydrogen-bond donors (Lipinski definition) is 2. The SMILES string of the molecule is CCNc1nc2c(c(=O)n(C)c(=O)n2C)n1C[C@@H](O)COc1ccc(C)c(C)c1. The van der Waals surface area contributed by atoms with Crippen LogP contribution in [0.3, 0.4) is 0 Å². The third-order valence-corrected chi connectivity index (χ3v) is 5.00. The van der Waals surface area contributed by atoms with Gasteiger partial charge in [-0.25, -0.2) is 4.79 Å². The third-order valence-electron chi connectivity index (χ3n) is 5.00. The van der Waals surface area contributed by atoms with Gasteiger partial charge in [0.1, 0.15) is 18.5 Å². The molecule has 0 saturated carbocycles. The Morgan fingerprint density at radius 2 is 1.90 bits per heavy atom. The van der Waals surface area contributed by atoms with Crippen molar-refractivity contribution in [3.63, 3.8) is 0 Å². The van der Waals surface area contributed by atoms with Gasteiger partial charge in [-0.1, -0.05) is 6.07 Å². The van der Waals surface area contributed by atoms with Crippen LogP contribution in [0, 0.1) is 13.8 Å². The molecule has 9 heteroatoms. The molecule has 0 bridgehead atoms. The molecule has 0 fully saturated rings. The van der Waals surface area contributed by atoms with Crippen molar-refractivity contribution in [2.24, 2.45) is 14.1 Å². The van der Waals surface area contributed by atoms with E-state index in [1.54, 1.807) is 11.6 Å². The summed E-state index contributed by atoms with van der Waals surface area (Å²) in [4.78, 5) is 29.3. The van der Waals surface area contributed by atoms with E-state index in [2.05, 4.69) is 10.3 Å². The summed E-state index contributed by atoms with van der Waals surface area (Å²) in [7, 11) is 2.99. The maximum atomic E-state index is 12.7. The van der Waals surface area contributed by atoms with E-state index in [9.17, 15) is 14.7 Å². The Morgan fingerprint density at radius 3 is 2.55 bits per heavy atom. The summed E-state index contributed by atoms with van der Waals surface area (Å²) in [5.74, 6) is 1.10. The molecule has 0 aliphatic rings. The van der Waals surface area contributed by atoms with Crippen LogP contribution in [0.1, 0.15) is 18.1 Å². The van der Waals surface area contributed by atoms with E-state index >= 15 is 0 Å². The number of anilines is 1. The number of nitrogens with one attached hydrogen (secondary N) is 1. The molecule has 2 heterocycles. The molecular formula is C20H27N5O4. The van der Waals surface area contributed by atoms with Crippen molar-refractivity contribution >= 4 is 17.1 Å². The smallest absolute Gasteiger partial charge is 0.332 e. The Hall–Kier alpha value is -3.07. The first-order chi connectivity index (χ1) is 13.7. The fourth-order valence-corrected chi connectivity index (χ4v) is 3.18. The number of aliphatic hydroxyl groups excluding tert-OH is 1. The molecule has 29 heavy (non-hydrogen) atoms. The lowest BCUT2D eigenvalue weighted by molar-refractivity contribution is 0.0938. The highest BCUT2D eigenvalue weighted by molar-refractivity contribution is 5.74. The lowest BCUT2D eigenvalue weighted by Gasteiger charge is -2.16. The summed E-state index contributed by atoms with van der Waals surface area (Å²) in [6.07, 6.45) is -0.881. The van der Waals surface area contributed by atoms with Gasteiger partial charge in [0.25, 0.3) is 5.56 Å². The minimum absolute atomic E-state index is 0.0554. The van der Waals surface area contributed by atoms with Crippen LogP contribution in [0.4, 0.5) is 5.95 Å². The van der Waals surface area contributed by atoms with Gasteiger partial charge in [0.05, 0.1) is 6.54 Å². The average molecular weight is 401 g/mol. The van der Waals surface area contributed by atoms with E-state index in [0.717, 1.165) is 10.1 Å². The second-order valence-corrected chi connectivity index (χ2v) is 7.17. The summed E-state index contributed by atoms with van der Waals surface area (Å²) in [5.41, 5.74) is 1.90. The zero-order valence-electron chi connectivity index (χ0n) is 17.4. The molecule has 0 radical (unpaired) electrons. The van der Waals surface area contributed by atoms with Crippen LogP contribution in [0.2, 0.25) is 0 Å². The second-order valence-electron chi connectivity index (χ2n) is 7.17. The number of imidazole rings is 1. The van der Waals surface area contributed by atoms with Crippen LogP contribution >= 0.6 is 0 Å². The van der Waals surface area contributed by atoms with Crippen molar-refractivity contribution in [2.75, 3.05) is 18.5 Å². The highest BCUT2D eigenvalue weighted by atomic mass is 16.5. The van der Waals surface area contributed by atoms with Crippen LogP contribution in [0.5, 0.6) is 5.75 Å².